The topological polar surface area (TPSA) is 69.9 Å². The predicted molar refractivity (Wildman–Crippen MR) is 147 cm³/mol. The number of benzene rings is 2. The average Bonchev–Trinajstić information content (AvgIpc) is 3.17. The van der Waals surface area contributed by atoms with Gasteiger partial charge in [0.25, 0.3) is 0 Å². The number of rotatable bonds is 7. The summed E-state index contributed by atoms with van der Waals surface area (Å²) in [6, 6.07) is 14.8. The molecule has 3 aromatic rings. The number of para-hydroxylation sites is 1. The number of allylic oxidation sites excluding steroid dienone is 2. The van der Waals surface area contributed by atoms with Crippen LogP contribution in [-0.2, 0) is 25.6 Å². The summed E-state index contributed by atoms with van der Waals surface area (Å²) in [5.74, 6) is -1.35. The number of aliphatic imine (C=N–C) groups is 1. The molecule has 0 bridgehead atoms. The molecule has 0 amide bonds. The SMILES string of the molecule is CCOCCOC(=O)C1C(C)=NC2=C(C(=O)CC(C)(C)C2)C1c1ccc2c(c1)c1ccccc1n2CC. The van der Waals surface area contributed by atoms with Gasteiger partial charge in [0.2, 0.25) is 0 Å². The number of carbonyl (C=O) groups excluding carboxylic acids is 2. The molecule has 1 aliphatic carbocycles. The van der Waals surface area contributed by atoms with E-state index in [1.807, 2.05) is 13.8 Å². The summed E-state index contributed by atoms with van der Waals surface area (Å²) in [5.41, 5.74) is 5.32. The Kier molecular flexibility index (Phi) is 6.80. The number of ether oxygens (including phenoxy) is 2. The summed E-state index contributed by atoms with van der Waals surface area (Å²) < 4.78 is 13.3. The van der Waals surface area contributed by atoms with Crippen molar-refractivity contribution < 1.29 is 19.1 Å². The van der Waals surface area contributed by atoms with E-state index >= 15 is 0 Å². The Morgan fingerprint density at radius 3 is 2.57 bits per heavy atom. The molecule has 0 saturated carbocycles. The number of carbonyl (C=O) groups is 2. The zero-order chi connectivity index (χ0) is 26.3. The first-order valence-electron chi connectivity index (χ1n) is 13.3. The number of fused-ring (bicyclic) bond motifs is 3. The highest BCUT2D eigenvalue weighted by atomic mass is 16.6. The first-order valence-corrected chi connectivity index (χ1v) is 13.3. The van der Waals surface area contributed by atoms with Gasteiger partial charge in [0.15, 0.2) is 5.78 Å². The summed E-state index contributed by atoms with van der Waals surface area (Å²) in [5, 5.41) is 2.30. The summed E-state index contributed by atoms with van der Waals surface area (Å²) in [4.78, 5) is 32.0. The fourth-order valence-electron chi connectivity index (χ4n) is 6.15. The molecule has 5 rings (SSSR count). The molecule has 2 heterocycles. The van der Waals surface area contributed by atoms with Crippen LogP contribution in [0.1, 0.15) is 58.9 Å². The normalized spacial score (nSPS) is 21.3. The molecule has 0 fully saturated rings. The van der Waals surface area contributed by atoms with Crippen LogP contribution in [0.5, 0.6) is 0 Å². The third-order valence-corrected chi connectivity index (χ3v) is 7.70. The Balaban J connectivity index is 1.66. The molecule has 194 valence electrons. The summed E-state index contributed by atoms with van der Waals surface area (Å²) in [6.45, 7) is 12.1. The summed E-state index contributed by atoms with van der Waals surface area (Å²) >= 11 is 0. The Labute approximate surface area is 218 Å². The van der Waals surface area contributed by atoms with Gasteiger partial charge in [-0.3, -0.25) is 14.6 Å². The van der Waals surface area contributed by atoms with Crippen molar-refractivity contribution >= 4 is 39.3 Å². The minimum Gasteiger partial charge on any atom is -0.463 e. The van der Waals surface area contributed by atoms with Crippen molar-refractivity contribution in [3.05, 3.63) is 59.3 Å². The van der Waals surface area contributed by atoms with Gasteiger partial charge in [-0.05, 0) is 56.4 Å². The van der Waals surface area contributed by atoms with Crippen LogP contribution >= 0.6 is 0 Å². The van der Waals surface area contributed by atoms with E-state index in [0.717, 1.165) is 28.7 Å². The lowest BCUT2D eigenvalue weighted by atomic mass is 9.67. The first kappa shape index (κ1) is 25.4. The fourth-order valence-corrected chi connectivity index (χ4v) is 6.15. The van der Waals surface area contributed by atoms with Crippen LogP contribution < -0.4 is 0 Å². The lowest BCUT2D eigenvalue weighted by Gasteiger charge is -2.39. The lowest BCUT2D eigenvalue weighted by molar-refractivity contribution is -0.148. The molecule has 2 atom stereocenters. The van der Waals surface area contributed by atoms with Crippen molar-refractivity contribution in [1.82, 2.24) is 4.57 Å². The van der Waals surface area contributed by atoms with E-state index in [-0.39, 0.29) is 23.8 Å². The largest absolute Gasteiger partial charge is 0.463 e. The van der Waals surface area contributed by atoms with Gasteiger partial charge < -0.3 is 14.0 Å². The van der Waals surface area contributed by atoms with Crippen molar-refractivity contribution in [1.29, 1.82) is 0 Å². The molecule has 0 N–H and O–H groups in total. The lowest BCUT2D eigenvalue weighted by Crippen LogP contribution is -2.39. The van der Waals surface area contributed by atoms with E-state index in [4.69, 9.17) is 14.5 Å². The Hall–Kier alpha value is -3.25. The molecular weight excluding hydrogens is 464 g/mol. The second-order valence-electron chi connectivity index (χ2n) is 10.9. The Morgan fingerprint density at radius 2 is 1.81 bits per heavy atom. The molecule has 2 aromatic carbocycles. The van der Waals surface area contributed by atoms with Gasteiger partial charge >= 0.3 is 5.97 Å². The quantitative estimate of drug-likeness (QED) is 0.286. The van der Waals surface area contributed by atoms with E-state index in [1.54, 1.807) is 0 Å². The predicted octanol–water partition coefficient (Wildman–Crippen LogP) is 6.21. The first-order chi connectivity index (χ1) is 17.8. The molecule has 1 aromatic heterocycles. The number of hydrogen-bond donors (Lipinski definition) is 0. The number of nitrogens with zero attached hydrogens (tertiary/aromatic N) is 2. The van der Waals surface area contributed by atoms with E-state index in [1.165, 1.54) is 10.9 Å². The van der Waals surface area contributed by atoms with Crippen LogP contribution in [0.3, 0.4) is 0 Å². The van der Waals surface area contributed by atoms with Crippen LogP contribution in [0.25, 0.3) is 21.8 Å². The van der Waals surface area contributed by atoms with Crippen LogP contribution in [0.2, 0.25) is 0 Å². The maximum absolute atomic E-state index is 13.6. The van der Waals surface area contributed by atoms with Crippen LogP contribution in [0.4, 0.5) is 0 Å². The minimum absolute atomic E-state index is 0.0794. The maximum atomic E-state index is 13.6. The highest BCUT2D eigenvalue weighted by molar-refractivity contribution is 6.11. The summed E-state index contributed by atoms with van der Waals surface area (Å²) in [7, 11) is 0. The van der Waals surface area contributed by atoms with Crippen LogP contribution in [-0.4, -0.2) is 41.9 Å². The molecule has 0 saturated heterocycles. The third kappa shape index (κ3) is 4.52. The second kappa shape index (κ2) is 9.90. The maximum Gasteiger partial charge on any atom is 0.315 e. The van der Waals surface area contributed by atoms with Gasteiger partial charge in [0.05, 0.1) is 6.61 Å². The molecule has 6 heteroatoms. The van der Waals surface area contributed by atoms with Gasteiger partial charge in [-0.1, -0.05) is 38.1 Å². The van der Waals surface area contributed by atoms with Crippen LogP contribution in [0, 0.1) is 11.3 Å². The zero-order valence-electron chi connectivity index (χ0n) is 22.5. The number of ketones is 1. The van der Waals surface area contributed by atoms with Gasteiger partial charge in [-0.2, -0.15) is 0 Å². The Morgan fingerprint density at radius 1 is 1.05 bits per heavy atom. The van der Waals surface area contributed by atoms with Crippen molar-refractivity contribution in [3.63, 3.8) is 0 Å². The van der Waals surface area contributed by atoms with Crippen LogP contribution in [0.15, 0.2) is 58.7 Å². The fraction of sp³-hybridized carbons (Fsp3) is 0.452. The molecule has 0 spiro atoms. The third-order valence-electron chi connectivity index (χ3n) is 7.70. The highest BCUT2D eigenvalue weighted by Crippen LogP contribution is 2.48. The smallest absolute Gasteiger partial charge is 0.315 e. The number of esters is 1. The number of Topliss-reactive ketones (excluding diaryl/α,β-unsaturated/α-hetero) is 1. The molecule has 6 nitrogen and oxygen atoms in total. The van der Waals surface area contributed by atoms with Crippen molar-refractivity contribution in [2.45, 2.75) is 59.9 Å². The number of aryl methyl sites for hydroxylation is 1. The monoisotopic (exact) mass is 500 g/mol. The average molecular weight is 501 g/mol. The van der Waals surface area contributed by atoms with E-state index < -0.39 is 11.8 Å². The van der Waals surface area contributed by atoms with Gasteiger partial charge in [-0.15, -0.1) is 0 Å². The Bertz CT molecular complexity index is 1440. The summed E-state index contributed by atoms with van der Waals surface area (Å²) in [6.07, 6.45) is 1.16. The van der Waals surface area contributed by atoms with E-state index in [9.17, 15) is 9.59 Å². The van der Waals surface area contributed by atoms with E-state index in [0.29, 0.717) is 37.3 Å². The van der Waals surface area contributed by atoms with Gasteiger partial charge in [-0.25, -0.2) is 0 Å². The number of hydrogen-bond acceptors (Lipinski definition) is 5. The molecule has 1 aliphatic heterocycles. The molecule has 2 unspecified atom stereocenters. The highest BCUT2D eigenvalue weighted by Gasteiger charge is 2.46. The van der Waals surface area contributed by atoms with E-state index in [2.05, 4.69) is 67.8 Å². The molecule has 0 radical (unpaired) electrons. The van der Waals surface area contributed by atoms with Gasteiger partial charge in [0.1, 0.15) is 12.5 Å². The minimum atomic E-state index is -0.650. The van der Waals surface area contributed by atoms with Crippen molar-refractivity contribution in [3.8, 4) is 0 Å². The van der Waals surface area contributed by atoms with Crippen molar-refractivity contribution in [2.24, 2.45) is 16.3 Å². The standard InChI is InChI=1S/C31H36N2O4/c1-6-33-24-11-9-8-10-21(24)22-16-20(12-13-25(22)33)28-27(30(35)37-15-14-36-7-2)19(3)32-23-17-31(4,5)18-26(34)29(23)28/h8-13,16,27-28H,6-7,14-15,17-18H2,1-5H3. The molecule has 37 heavy (non-hydrogen) atoms. The number of aromatic nitrogens is 1. The zero-order valence-corrected chi connectivity index (χ0v) is 22.5. The van der Waals surface area contributed by atoms with Crippen molar-refractivity contribution in [2.75, 3.05) is 19.8 Å². The van der Waals surface area contributed by atoms with Gasteiger partial charge in [0, 0.05) is 64.3 Å². The molecular formula is C31H36N2O4. The second-order valence-corrected chi connectivity index (χ2v) is 10.9. The molecule has 2 aliphatic rings.